The number of carbonyl (C=O) groups is 1. The summed E-state index contributed by atoms with van der Waals surface area (Å²) >= 11 is 0. The molecule has 18 heavy (non-hydrogen) atoms. The summed E-state index contributed by atoms with van der Waals surface area (Å²) in [5.41, 5.74) is 0. The Morgan fingerprint density at radius 1 is 1.28 bits per heavy atom. The lowest BCUT2D eigenvalue weighted by molar-refractivity contribution is -0.124. The van der Waals surface area contributed by atoms with Gasteiger partial charge in [0.2, 0.25) is 5.91 Å². The summed E-state index contributed by atoms with van der Waals surface area (Å²) < 4.78 is 5.46. The Hall–Kier alpha value is -0.320. The van der Waals surface area contributed by atoms with E-state index in [0.717, 1.165) is 19.3 Å². The van der Waals surface area contributed by atoms with Gasteiger partial charge >= 0.3 is 0 Å². The lowest BCUT2D eigenvalue weighted by Crippen LogP contribution is -2.48. The van der Waals surface area contributed by atoms with Gasteiger partial charge in [-0.2, -0.15) is 0 Å². The fourth-order valence-electron chi connectivity index (χ4n) is 3.33. The highest BCUT2D eigenvalue weighted by atomic mass is 35.5. The quantitative estimate of drug-likeness (QED) is 0.811. The van der Waals surface area contributed by atoms with Crippen molar-refractivity contribution in [2.45, 2.75) is 63.3 Å². The van der Waals surface area contributed by atoms with E-state index in [1.54, 1.807) is 0 Å². The first-order valence-electron chi connectivity index (χ1n) is 6.94. The minimum absolute atomic E-state index is 0. The van der Waals surface area contributed by atoms with Crippen molar-refractivity contribution in [3.05, 3.63) is 0 Å². The van der Waals surface area contributed by atoms with E-state index in [1.165, 1.54) is 12.8 Å². The predicted octanol–water partition coefficient (Wildman–Crippen LogP) is 1.23. The van der Waals surface area contributed by atoms with E-state index in [0.29, 0.717) is 24.7 Å². The highest BCUT2D eigenvalue weighted by Gasteiger charge is 2.45. The molecule has 4 unspecified atom stereocenters. The van der Waals surface area contributed by atoms with E-state index in [1.807, 2.05) is 6.92 Å². The topological polar surface area (TPSA) is 50.4 Å². The number of nitrogens with one attached hydrogen (secondary N) is 2. The van der Waals surface area contributed by atoms with Crippen LogP contribution in [0.5, 0.6) is 0 Å². The first-order chi connectivity index (χ1) is 8.26. The number of piperidine rings is 1. The van der Waals surface area contributed by atoms with Gasteiger partial charge in [0.15, 0.2) is 0 Å². The van der Waals surface area contributed by atoms with Gasteiger partial charge in [-0.05, 0) is 39.0 Å². The molecule has 5 heteroatoms. The number of hydrogen-bond acceptors (Lipinski definition) is 3. The molecule has 3 fully saturated rings. The largest absolute Gasteiger partial charge is 0.378 e. The van der Waals surface area contributed by atoms with Crippen molar-refractivity contribution in [3.63, 3.8) is 0 Å². The van der Waals surface area contributed by atoms with Crippen molar-refractivity contribution < 1.29 is 9.53 Å². The second kappa shape index (κ2) is 5.76. The van der Waals surface area contributed by atoms with Crippen LogP contribution in [0.3, 0.4) is 0 Å². The summed E-state index contributed by atoms with van der Waals surface area (Å²) in [5.74, 6) is 0.345. The third-order valence-electron chi connectivity index (χ3n) is 4.27. The standard InChI is InChI=1S/C13H22N2O2.ClH/c1-2-17-12-7-11(12)13(16)15-10-5-8-3-4-9(6-10)14-8;/h8-12,14H,2-7H2,1H3,(H,15,16);1H. The Morgan fingerprint density at radius 2 is 1.94 bits per heavy atom. The summed E-state index contributed by atoms with van der Waals surface area (Å²) in [7, 11) is 0. The van der Waals surface area contributed by atoms with Crippen LogP contribution in [0.2, 0.25) is 0 Å². The number of rotatable bonds is 4. The second-order valence-electron chi connectivity index (χ2n) is 5.65. The molecule has 104 valence electrons. The number of fused-ring (bicyclic) bond motifs is 2. The van der Waals surface area contributed by atoms with E-state index in [-0.39, 0.29) is 30.3 Å². The number of ether oxygens (including phenoxy) is 1. The van der Waals surface area contributed by atoms with Crippen LogP contribution in [0.4, 0.5) is 0 Å². The van der Waals surface area contributed by atoms with Crippen molar-refractivity contribution in [3.8, 4) is 0 Å². The lowest BCUT2D eigenvalue weighted by atomic mass is 9.99. The molecule has 1 saturated carbocycles. The average molecular weight is 275 g/mol. The molecule has 2 bridgehead atoms. The molecule has 2 saturated heterocycles. The Labute approximate surface area is 115 Å². The van der Waals surface area contributed by atoms with Gasteiger partial charge in [-0.25, -0.2) is 0 Å². The van der Waals surface area contributed by atoms with Gasteiger partial charge in [0.05, 0.1) is 12.0 Å². The smallest absolute Gasteiger partial charge is 0.226 e. The van der Waals surface area contributed by atoms with E-state index in [9.17, 15) is 4.79 Å². The average Bonchev–Trinajstić information content (AvgIpc) is 2.99. The van der Waals surface area contributed by atoms with Gasteiger partial charge in [-0.15, -0.1) is 12.4 Å². The molecule has 0 aromatic heterocycles. The van der Waals surface area contributed by atoms with Crippen LogP contribution in [0.25, 0.3) is 0 Å². The van der Waals surface area contributed by atoms with Crippen LogP contribution in [-0.2, 0) is 9.53 Å². The molecule has 2 N–H and O–H groups in total. The zero-order valence-electron chi connectivity index (χ0n) is 10.9. The zero-order chi connectivity index (χ0) is 11.8. The SMILES string of the molecule is CCOC1CC1C(=O)NC1CC2CCC(C1)N2.Cl. The summed E-state index contributed by atoms with van der Waals surface area (Å²) in [6, 6.07) is 1.67. The van der Waals surface area contributed by atoms with Crippen LogP contribution in [-0.4, -0.2) is 36.7 Å². The number of halogens is 1. The van der Waals surface area contributed by atoms with E-state index in [4.69, 9.17) is 4.74 Å². The molecule has 1 aliphatic carbocycles. The Balaban J connectivity index is 0.00000120. The monoisotopic (exact) mass is 274 g/mol. The molecule has 0 aromatic rings. The normalized spacial score (nSPS) is 41.1. The summed E-state index contributed by atoms with van der Waals surface area (Å²) in [4.78, 5) is 12.0. The summed E-state index contributed by atoms with van der Waals surface area (Å²) in [5, 5.41) is 6.80. The van der Waals surface area contributed by atoms with Gasteiger partial charge in [0, 0.05) is 24.7 Å². The van der Waals surface area contributed by atoms with Gasteiger partial charge < -0.3 is 15.4 Å². The Morgan fingerprint density at radius 3 is 2.56 bits per heavy atom. The first-order valence-corrected chi connectivity index (χ1v) is 6.94. The molecular weight excluding hydrogens is 252 g/mol. The molecular formula is C13H23ClN2O2. The van der Waals surface area contributed by atoms with Crippen molar-refractivity contribution in [1.82, 2.24) is 10.6 Å². The first kappa shape index (κ1) is 14.1. The maximum Gasteiger partial charge on any atom is 0.226 e. The third-order valence-corrected chi connectivity index (χ3v) is 4.27. The van der Waals surface area contributed by atoms with E-state index < -0.39 is 0 Å². The van der Waals surface area contributed by atoms with Gasteiger partial charge in [0.1, 0.15) is 0 Å². The predicted molar refractivity (Wildman–Crippen MR) is 71.9 cm³/mol. The Bertz CT molecular complexity index is 301. The molecule has 1 amide bonds. The molecule has 4 atom stereocenters. The number of carbonyl (C=O) groups excluding carboxylic acids is 1. The van der Waals surface area contributed by atoms with Crippen LogP contribution in [0.15, 0.2) is 0 Å². The van der Waals surface area contributed by atoms with Crippen LogP contribution < -0.4 is 10.6 Å². The van der Waals surface area contributed by atoms with Crippen LogP contribution >= 0.6 is 12.4 Å². The minimum Gasteiger partial charge on any atom is -0.378 e. The summed E-state index contributed by atoms with van der Waals surface area (Å²) in [6.07, 6.45) is 5.88. The second-order valence-corrected chi connectivity index (χ2v) is 5.65. The molecule has 0 radical (unpaired) electrons. The van der Waals surface area contributed by atoms with E-state index in [2.05, 4.69) is 10.6 Å². The molecule has 0 aromatic carbocycles. The summed E-state index contributed by atoms with van der Waals surface area (Å²) in [6.45, 7) is 2.70. The maximum atomic E-state index is 12.0. The molecule has 3 rings (SSSR count). The highest BCUT2D eigenvalue weighted by molar-refractivity contribution is 5.85. The van der Waals surface area contributed by atoms with Gasteiger partial charge in [-0.1, -0.05) is 0 Å². The maximum absolute atomic E-state index is 12.0. The molecule has 0 spiro atoms. The van der Waals surface area contributed by atoms with Crippen molar-refractivity contribution >= 4 is 18.3 Å². The Kier molecular flexibility index (Phi) is 4.51. The lowest BCUT2D eigenvalue weighted by Gasteiger charge is -2.29. The van der Waals surface area contributed by atoms with Crippen molar-refractivity contribution in [1.29, 1.82) is 0 Å². The highest BCUT2D eigenvalue weighted by Crippen LogP contribution is 2.34. The molecule has 4 nitrogen and oxygen atoms in total. The van der Waals surface area contributed by atoms with Crippen molar-refractivity contribution in [2.75, 3.05) is 6.61 Å². The zero-order valence-corrected chi connectivity index (χ0v) is 11.7. The van der Waals surface area contributed by atoms with Crippen molar-refractivity contribution in [2.24, 2.45) is 5.92 Å². The van der Waals surface area contributed by atoms with Crippen LogP contribution in [0.1, 0.15) is 39.0 Å². The number of hydrogen-bond donors (Lipinski definition) is 2. The number of amides is 1. The van der Waals surface area contributed by atoms with E-state index >= 15 is 0 Å². The van der Waals surface area contributed by atoms with Gasteiger partial charge in [0.25, 0.3) is 0 Å². The molecule has 2 aliphatic heterocycles. The fourth-order valence-corrected chi connectivity index (χ4v) is 3.33. The fraction of sp³-hybridized carbons (Fsp3) is 0.923. The van der Waals surface area contributed by atoms with Gasteiger partial charge in [-0.3, -0.25) is 4.79 Å². The molecule has 3 aliphatic rings. The minimum atomic E-state index is 0. The van der Waals surface area contributed by atoms with Crippen LogP contribution in [0, 0.1) is 5.92 Å². The third kappa shape index (κ3) is 2.98. The molecule has 2 heterocycles.